The first-order valence-corrected chi connectivity index (χ1v) is 6.18. The average molecular weight is 245 g/mol. The van der Waals surface area contributed by atoms with Crippen LogP contribution in [0, 0.1) is 0 Å². The Hall–Kier alpha value is -1.81. The molecule has 1 aromatic carbocycles. The predicted molar refractivity (Wildman–Crippen MR) is 71.4 cm³/mol. The van der Waals surface area contributed by atoms with Crippen LogP contribution in [0.3, 0.4) is 0 Å². The van der Waals surface area contributed by atoms with E-state index < -0.39 is 0 Å². The number of nitrogens with one attached hydrogen (secondary N) is 1. The van der Waals surface area contributed by atoms with Gasteiger partial charge in [0.2, 0.25) is 0 Å². The third kappa shape index (κ3) is 3.34. The molecule has 1 heterocycles. The number of hydrogen-bond donors (Lipinski definition) is 1. The molecule has 4 heteroatoms. The molecule has 1 aromatic heterocycles. The molecule has 0 atom stereocenters. The summed E-state index contributed by atoms with van der Waals surface area (Å²) in [5.41, 5.74) is 2.32. The van der Waals surface area contributed by atoms with Gasteiger partial charge in [-0.25, -0.2) is 0 Å². The minimum absolute atomic E-state index is 0.791. The molecule has 0 saturated heterocycles. The van der Waals surface area contributed by atoms with Gasteiger partial charge in [-0.2, -0.15) is 5.10 Å². The van der Waals surface area contributed by atoms with Crippen LogP contribution in [0.1, 0.15) is 18.2 Å². The number of ether oxygens (including phenoxy) is 1. The van der Waals surface area contributed by atoms with Crippen LogP contribution in [0.2, 0.25) is 0 Å². The Kier molecular flexibility index (Phi) is 4.36. The lowest BCUT2D eigenvalue weighted by Gasteiger charge is -2.04. The van der Waals surface area contributed by atoms with Crippen molar-refractivity contribution in [2.45, 2.75) is 26.6 Å². The molecule has 4 nitrogen and oxygen atoms in total. The van der Waals surface area contributed by atoms with Gasteiger partial charge in [0.05, 0.1) is 12.8 Å². The highest BCUT2D eigenvalue weighted by Gasteiger charge is 1.98. The molecule has 0 bridgehead atoms. The van der Waals surface area contributed by atoms with Gasteiger partial charge in [-0.05, 0) is 30.7 Å². The summed E-state index contributed by atoms with van der Waals surface area (Å²) in [7, 11) is 1.68. The second kappa shape index (κ2) is 6.21. The summed E-state index contributed by atoms with van der Waals surface area (Å²) in [6.07, 6.45) is 2.00. The summed E-state index contributed by atoms with van der Waals surface area (Å²) in [4.78, 5) is 0. The fourth-order valence-electron chi connectivity index (χ4n) is 1.75. The first-order valence-electron chi connectivity index (χ1n) is 6.18. The number of aryl methyl sites for hydroxylation is 1. The van der Waals surface area contributed by atoms with Gasteiger partial charge < -0.3 is 10.1 Å². The molecule has 0 aliphatic carbocycles. The fourth-order valence-corrected chi connectivity index (χ4v) is 1.75. The molecule has 0 radical (unpaired) electrons. The zero-order chi connectivity index (χ0) is 12.8. The van der Waals surface area contributed by atoms with Crippen molar-refractivity contribution in [1.82, 2.24) is 15.1 Å². The molecule has 2 aromatic rings. The van der Waals surface area contributed by atoms with Crippen LogP contribution in [0.25, 0.3) is 0 Å². The van der Waals surface area contributed by atoms with Crippen molar-refractivity contribution in [1.29, 1.82) is 0 Å². The Morgan fingerprint density at radius 3 is 2.56 bits per heavy atom. The quantitative estimate of drug-likeness (QED) is 0.848. The van der Waals surface area contributed by atoms with E-state index in [2.05, 4.69) is 29.5 Å². The molecule has 96 valence electrons. The molecule has 0 aliphatic rings. The Morgan fingerprint density at radius 2 is 1.94 bits per heavy atom. The van der Waals surface area contributed by atoms with Crippen molar-refractivity contribution in [3.05, 3.63) is 47.8 Å². The summed E-state index contributed by atoms with van der Waals surface area (Å²) in [5, 5.41) is 7.80. The average Bonchev–Trinajstić information content (AvgIpc) is 2.87. The Labute approximate surface area is 108 Å². The lowest BCUT2D eigenvalue weighted by Crippen LogP contribution is -2.13. The summed E-state index contributed by atoms with van der Waals surface area (Å²) in [6, 6.07) is 10.1. The van der Waals surface area contributed by atoms with E-state index in [9.17, 15) is 0 Å². The molecule has 0 aliphatic heterocycles. The minimum atomic E-state index is 0.791. The highest BCUT2D eigenvalue weighted by Crippen LogP contribution is 2.11. The van der Waals surface area contributed by atoms with Gasteiger partial charge in [-0.3, -0.25) is 4.68 Å². The smallest absolute Gasteiger partial charge is 0.118 e. The van der Waals surface area contributed by atoms with E-state index in [0.29, 0.717) is 0 Å². The van der Waals surface area contributed by atoms with Gasteiger partial charge in [-0.1, -0.05) is 12.1 Å². The molecule has 0 fully saturated rings. The minimum Gasteiger partial charge on any atom is -0.497 e. The number of rotatable bonds is 6. The first kappa shape index (κ1) is 12.6. The third-order valence-electron chi connectivity index (χ3n) is 2.81. The summed E-state index contributed by atoms with van der Waals surface area (Å²) in [6.45, 7) is 4.63. The van der Waals surface area contributed by atoms with Crippen LogP contribution in [0.4, 0.5) is 0 Å². The maximum absolute atomic E-state index is 5.12. The highest BCUT2D eigenvalue weighted by molar-refractivity contribution is 5.27. The van der Waals surface area contributed by atoms with E-state index in [0.717, 1.165) is 31.1 Å². The number of aromatic nitrogens is 2. The fraction of sp³-hybridized carbons (Fsp3) is 0.357. The van der Waals surface area contributed by atoms with Crippen molar-refractivity contribution in [3.63, 3.8) is 0 Å². The zero-order valence-electron chi connectivity index (χ0n) is 10.9. The van der Waals surface area contributed by atoms with Gasteiger partial charge in [0, 0.05) is 25.8 Å². The number of hydrogen-bond acceptors (Lipinski definition) is 3. The highest BCUT2D eigenvalue weighted by atomic mass is 16.5. The second-order valence-electron chi connectivity index (χ2n) is 4.11. The molecule has 1 N–H and O–H groups in total. The lowest BCUT2D eigenvalue weighted by molar-refractivity contribution is 0.414. The zero-order valence-corrected chi connectivity index (χ0v) is 10.9. The van der Waals surface area contributed by atoms with E-state index >= 15 is 0 Å². The molecule has 18 heavy (non-hydrogen) atoms. The van der Waals surface area contributed by atoms with Crippen LogP contribution in [0.15, 0.2) is 36.5 Å². The first-order chi connectivity index (χ1) is 8.81. The Morgan fingerprint density at radius 1 is 1.17 bits per heavy atom. The van der Waals surface area contributed by atoms with Gasteiger partial charge in [-0.15, -0.1) is 0 Å². The maximum Gasteiger partial charge on any atom is 0.118 e. The monoisotopic (exact) mass is 245 g/mol. The number of benzene rings is 1. The van der Waals surface area contributed by atoms with Crippen molar-refractivity contribution < 1.29 is 4.74 Å². The van der Waals surface area contributed by atoms with Crippen molar-refractivity contribution in [2.75, 3.05) is 7.11 Å². The van der Waals surface area contributed by atoms with Gasteiger partial charge in [0.25, 0.3) is 0 Å². The second-order valence-corrected chi connectivity index (χ2v) is 4.11. The third-order valence-corrected chi connectivity index (χ3v) is 2.81. The van der Waals surface area contributed by atoms with E-state index in [1.165, 1.54) is 5.56 Å². The molecular formula is C14H19N3O. The molecule has 0 saturated carbocycles. The van der Waals surface area contributed by atoms with Gasteiger partial charge in [0.1, 0.15) is 5.75 Å². The van der Waals surface area contributed by atoms with Crippen LogP contribution < -0.4 is 10.1 Å². The largest absolute Gasteiger partial charge is 0.497 e. The van der Waals surface area contributed by atoms with E-state index in [4.69, 9.17) is 4.74 Å². The summed E-state index contributed by atoms with van der Waals surface area (Å²) < 4.78 is 7.06. The van der Waals surface area contributed by atoms with Gasteiger partial charge in [0.15, 0.2) is 0 Å². The van der Waals surface area contributed by atoms with E-state index in [-0.39, 0.29) is 0 Å². The summed E-state index contributed by atoms with van der Waals surface area (Å²) in [5.74, 6) is 0.889. The standard InChI is InChI=1S/C14H19N3O/c1-3-17-9-8-13(16-17)11-15-10-12-4-6-14(18-2)7-5-12/h4-9,15H,3,10-11H2,1-2H3. The molecule has 0 unspecified atom stereocenters. The Balaban J connectivity index is 1.80. The SMILES string of the molecule is CCn1ccc(CNCc2ccc(OC)cc2)n1. The van der Waals surface area contributed by atoms with E-state index in [1.54, 1.807) is 7.11 Å². The van der Waals surface area contributed by atoms with Crippen LogP contribution in [0.5, 0.6) is 5.75 Å². The van der Waals surface area contributed by atoms with Crippen LogP contribution in [-0.4, -0.2) is 16.9 Å². The van der Waals surface area contributed by atoms with Crippen LogP contribution in [-0.2, 0) is 19.6 Å². The van der Waals surface area contributed by atoms with Crippen molar-refractivity contribution >= 4 is 0 Å². The summed E-state index contributed by atoms with van der Waals surface area (Å²) >= 11 is 0. The lowest BCUT2D eigenvalue weighted by atomic mass is 10.2. The van der Waals surface area contributed by atoms with E-state index in [1.807, 2.05) is 29.1 Å². The normalized spacial score (nSPS) is 10.6. The van der Waals surface area contributed by atoms with Crippen molar-refractivity contribution in [3.8, 4) is 5.75 Å². The van der Waals surface area contributed by atoms with Gasteiger partial charge >= 0.3 is 0 Å². The Bertz CT molecular complexity index is 476. The number of methoxy groups -OCH3 is 1. The molecule has 0 amide bonds. The van der Waals surface area contributed by atoms with Crippen molar-refractivity contribution in [2.24, 2.45) is 0 Å². The number of nitrogens with zero attached hydrogens (tertiary/aromatic N) is 2. The molecule has 0 spiro atoms. The molecule has 2 rings (SSSR count). The van der Waals surface area contributed by atoms with Crippen LogP contribution >= 0.6 is 0 Å². The maximum atomic E-state index is 5.12. The predicted octanol–water partition coefficient (Wildman–Crippen LogP) is 2.20. The molecular weight excluding hydrogens is 226 g/mol. The topological polar surface area (TPSA) is 39.1 Å².